The molecule has 0 aliphatic carbocycles. The average Bonchev–Trinajstić information content (AvgIpc) is 3.29. The van der Waals surface area contributed by atoms with Crippen LogP contribution in [0.4, 0.5) is 0 Å². The van der Waals surface area contributed by atoms with Crippen molar-refractivity contribution >= 4 is 11.9 Å². The number of carbonyl (C=O) groups is 2. The van der Waals surface area contributed by atoms with Crippen molar-refractivity contribution in [3.05, 3.63) is 36.5 Å². The van der Waals surface area contributed by atoms with Gasteiger partial charge in [-0.1, -0.05) is 127 Å². The van der Waals surface area contributed by atoms with Crippen molar-refractivity contribution < 1.29 is 73.8 Å². The molecule has 0 aromatic heterocycles. The summed E-state index contributed by atoms with van der Waals surface area (Å²) in [4.78, 5) is 25.7. The molecule has 4 unspecified atom stereocenters. The first-order valence-electron chi connectivity index (χ1n) is 24.6. The van der Waals surface area contributed by atoms with Gasteiger partial charge in [0, 0.05) is 12.8 Å². The van der Waals surface area contributed by atoms with Crippen LogP contribution in [0.5, 0.6) is 0 Å². The van der Waals surface area contributed by atoms with E-state index < -0.39 is 92.7 Å². The van der Waals surface area contributed by atoms with Crippen LogP contribution in [0.15, 0.2) is 36.5 Å². The van der Waals surface area contributed by atoms with Crippen LogP contribution in [-0.2, 0) is 38.0 Å². The summed E-state index contributed by atoms with van der Waals surface area (Å²) in [5.41, 5.74) is 0. The summed E-state index contributed by atoms with van der Waals surface area (Å²) in [6.07, 6.45) is 20.3. The molecule has 0 amide bonds. The Kier molecular flexibility index (Phi) is 33.3. The Morgan fingerprint density at radius 2 is 0.953 bits per heavy atom. The maximum Gasteiger partial charge on any atom is 0.306 e. The number of unbranched alkanes of at least 4 members (excludes halogenated alkanes) is 17. The molecule has 11 atom stereocenters. The Bertz CT molecular complexity index is 1260. The maximum atomic E-state index is 13.0. The zero-order valence-electron chi connectivity index (χ0n) is 39.0. The van der Waals surface area contributed by atoms with Gasteiger partial charge >= 0.3 is 11.9 Å². The molecule has 0 bridgehead atoms. The molecule has 2 saturated heterocycles. The molecule has 2 fully saturated rings. The van der Waals surface area contributed by atoms with E-state index in [0.29, 0.717) is 12.8 Å². The molecule has 0 spiro atoms. The predicted molar refractivity (Wildman–Crippen MR) is 243 cm³/mol. The van der Waals surface area contributed by atoms with Gasteiger partial charge in [-0.25, -0.2) is 0 Å². The molecule has 372 valence electrons. The largest absolute Gasteiger partial charge is 0.462 e. The highest BCUT2D eigenvalue weighted by molar-refractivity contribution is 5.70. The van der Waals surface area contributed by atoms with Crippen molar-refractivity contribution in [2.24, 2.45) is 0 Å². The van der Waals surface area contributed by atoms with E-state index in [9.17, 15) is 45.3 Å². The van der Waals surface area contributed by atoms with Crippen molar-refractivity contribution in [3.8, 4) is 0 Å². The summed E-state index contributed by atoms with van der Waals surface area (Å²) in [7, 11) is 0. The highest BCUT2D eigenvalue weighted by Crippen LogP contribution is 2.26. The van der Waals surface area contributed by atoms with E-state index in [2.05, 4.69) is 50.3 Å². The third kappa shape index (κ3) is 25.0. The highest BCUT2D eigenvalue weighted by Gasteiger charge is 2.47. The number of carbonyl (C=O) groups excluding carboxylic acids is 2. The lowest BCUT2D eigenvalue weighted by Crippen LogP contribution is -2.61. The van der Waals surface area contributed by atoms with Crippen LogP contribution in [0.25, 0.3) is 0 Å². The Labute approximate surface area is 383 Å². The molecule has 2 rings (SSSR count). The lowest BCUT2D eigenvalue weighted by Gasteiger charge is -2.42. The van der Waals surface area contributed by atoms with Gasteiger partial charge in [0.25, 0.3) is 0 Å². The van der Waals surface area contributed by atoms with Crippen molar-refractivity contribution in [2.45, 2.75) is 235 Å². The molecular formula is C49H86O15. The highest BCUT2D eigenvalue weighted by atomic mass is 16.7. The van der Waals surface area contributed by atoms with Gasteiger partial charge in [-0.3, -0.25) is 9.59 Å². The quantitative estimate of drug-likeness (QED) is 0.0211. The first-order chi connectivity index (χ1) is 31.0. The van der Waals surface area contributed by atoms with Crippen molar-refractivity contribution in [3.63, 3.8) is 0 Å². The predicted octanol–water partition coefficient (Wildman–Crippen LogP) is 6.15. The fraction of sp³-hybridized carbons (Fsp3) is 0.837. The fourth-order valence-corrected chi connectivity index (χ4v) is 7.46. The van der Waals surface area contributed by atoms with Gasteiger partial charge in [-0.15, -0.1) is 0 Å². The number of esters is 2. The molecule has 7 N–H and O–H groups in total. The minimum Gasteiger partial charge on any atom is -0.462 e. The first kappa shape index (κ1) is 57.8. The van der Waals surface area contributed by atoms with Crippen LogP contribution < -0.4 is 0 Å². The third-order valence-electron chi connectivity index (χ3n) is 11.6. The van der Waals surface area contributed by atoms with Crippen molar-refractivity contribution in [1.29, 1.82) is 0 Å². The molecule has 15 nitrogen and oxygen atoms in total. The van der Waals surface area contributed by atoms with Crippen LogP contribution >= 0.6 is 0 Å². The fourth-order valence-electron chi connectivity index (χ4n) is 7.46. The van der Waals surface area contributed by atoms with Crippen LogP contribution in [0.2, 0.25) is 0 Å². The molecule has 2 heterocycles. The molecular weight excluding hydrogens is 829 g/mol. The summed E-state index contributed by atoms with van der Waals surface area (Å²) in [5.74, 6) is -0.946. The van der Waals surface area contributed by atoms with Crippen LogP contribution in [-0.4, -0.2) is 142 Å². The minimum atomic E-state index is -1.77. The van der Waals surface area contributed by atoms with E-state index in [1.54, 1.807) is 0 Å². The van der Waals surface area contributed by atoms with E-state index in [0.717, 1.165) is 96.3 Å². The van der Waals surface area contributed by atoms with E-state index in [-0.39, 0.29) is 26.1 Å². The zero-order valence-corrected chi connectivity index (χ0v) is 39.0. The van der Waals surface area contributed by atoms with Gasteiger partial charge < -0.3 is 64.2 Å². The SMILES string of the molecule is CCCC/C=C/CCCCCCCC(=O)OC[C@H](CO[C@H]1O[C@@H](CO[C@H]2O[C@@H](CO)[C@@H](O)C(O)C2O)[C@@H](O)C(O)C1O)OC(=O)CCCCCCCCC/C=C/C/C=C/CCCCC. The zero-order chi connectivity index (χ0) is 46.8. The van der Waals surface area contributed by atoms with E-state index in [4.69, 9.17) is 28.4 Å². The third-order valence-corrected chi connectivity index (χ3v) is 11.6. The normalized spacial score (nSPS) is 26.9. The summed E-state index contributed by atoms with van der Waals surface area (Å²) < 4.78 is 33.5. The maximum absolute atomic E-state index is 13.0. The molecule has 0 aromatic rings. The van der Waals surface area contributed by atoms with Gasteiger partial charge in [-0.2, -0.15) is 0 Å². The monoisotopic (exact) mass is 915 g/mol. The van der Waals surface area contributed by atoms with Crippen LogP contribution in [0, 0.1) is 0 Å². The van der Waals surface area contributed by atoms with Crippen molar-refractivity contribution in [2.75, 3.05) is 26.4 Å². The smallest absolute Gasteiger partial charge is 0.306 e. The molecule has 2 aliphatic rings. The summed E-state index contributed by atoms with van der Waals surface area (Å²) >= 11 is 0. The average molecular weight is 915 g/mol. The van der Waals surface area contributed by atoms with Gasteiger partial charge in [0.05, 0.1) is 19.8 Å². The molecule has 2 aliphatic heterocycles. The molecule has 0 saturated carbocycles. The van der Waals surface area contributed by atoms with E-state index >= 15 is 0 Å². The second kappa shape index (κ2) is 36.8. The second-order valence-corrected chi connectivity index (χ2v) is 17.3. The number of rotatable bonds is 37. The van der Waals surface area contributed by atoms with Crippen molar-refractivity contribution in [1.82, 2.24) is 0 Å². The Morgan fingerprint density at radius 1 is 0.500 bits per heavy atom. The van der Waals surface area contributed by atoms with Gasteiger partial charge in [0.1, 0.15) is 55.4 Å². The Balaban J connectivity index is 1.83. The number of aliphatic hydroxyl groups is 7. The first-order valence-corrected chi connectivity index (χ1v) is 24.6. The van der Waals surface area contributed by atoms with E-state index in [1.165, 1.54) is 32.1 Å². The standard InChI is InChI=1S/C49H86O15/c1-3-5-7-9-11-13-15-16-17-18-19-20-22-24-26-28-30-32-41(52)62-37(34-59-40(51)31-29-27-25-23-21-14-12-10-8-6-4-2)35-60-48-47(58)45(56)43(54)39(64-48)36-61-49-46(57)44(55)42(53)38(33-50)63-49/h10-13,16-17,37-39,42-50,53-58H,3-9,14-15,18-36H2,1-2H3/b12-10+,13-11+,17-16+/t37-,38+,39+,42-,43-,44?,45?,46?,47?,48+,49+/m1/s1. The van der Waals surface area contributed by atoms with Gasteiger partial charge in [0.2, 0.25) is 0 Å². The Hall–Kier alpha value is -2.28. The number of hydrogen-bond donors (Lipinski definition) is 7. The Morgan fingerprint density at radius 3 is 1.52 bits per heavy atom. The number of allylic oxidation sites excluding steroid dienone is 6. The van der Waals surface area contributed by atoms with Gasteiger partial charge in [-0.05, 0) is 64.2 Å². The summed E-state index contributed by atoms with van der Waals surface area (Å²) in [6, 6.07) is 0. The van der Waals surface area contributed by atoms with Crippen LogP contribution in [0.1, 0.15) is 168 Å². The summed E-state index contributed by atoms with van der Waals surface area (Å²) in [5, 5.41) is 71.9. The topological polar surface area (TPSA) is 231 Å². The summed E-state index contributed by atoms with van der Waals surface area (Å²) in [6.45, 7) is 2.49. The second-order valence-electron chi connectivity index (χ2n) is 17.3. The molecule has 64 heavy (non-hydrogen) atoms. The lowest BCUT2D eigenvalue weighted by atomic mass is 9.98. The number of aliphatic hydroxyl groups excluding tert-OH is 7. The van der Waals surface area contributed by atoms with Crippen LogP contribution in [0.3, 0.4) is 0 Å². The number of ether oxygens (including phenoxy) is 6. The number of hydrogen-bond acceptors (Lipinski definition) is 15. The van der Waals surface area contributed by atoms with E-state index in [1.807, 2.05) is 0 Å². The molecule has 0 aromatic carbocycles. The lowest BCUT2D eigenvalue weighted by molar-refractivity contribution is -0.332. The minimum absolute atomic E-state index is 0.154. The van der Waals surface area contributed by atoms with Gasteiger partial charge in [0.15, 0.2) is 18.7 Å². The molecule has 15 heteroatoms. The molecule has 0 radical (unpaired) electrons.